The van der Waals surface area contributed by atoms with Gasteiger partial charge in [-0.15, -0.1) is 11.3 Å². The van der Waals surface area contributed by atoms with E-state index in [0.717, 1.165) is 65.8 Å². The van der Waals surface area contributed by atoms with Crippen LogP contribution < -0.4 is 0 Å². The van der Waals surface area contributed by atoms with E-state index in [2.05, 4.69) is 120 Å². The molecule has 0 N–H and O–H groups in total. The lowest BCUT2D eigenvalue weighted by atomic mass is 10.1. The quantitative estimate of drug-likeness (QED) is 0.209. The maximum Gasteiger partial charge on any atom is 0.166 e. The molecule has 0 amide bonds. The van der Waals surface area contributed by atoms with Gasteiger partial charge < -0.3 is 4.42 Å². The fourth-order valence-corrected chi connectivity index (χ4v) is 7.68. The summed E-state index contributed by atoms with van der Waals surface area (Å²) in [7, 11) is 0. The van der Waals surface area contributed by atoms with Crippen LogP contribution in [0.1, 0.15) is 0 Å². The van der Waals surface area contributed by atoms with Gasteiger partial charge in [0.1, 0.15) is 27.2 Å². The molecule has 0 bridgehead atoms. The van der Waals surface area contributed by atoms with Crippen LogP contribution in [0.3, 0.4) is 0 Å². The number of para-hydroxylation sites is 3. The Bertz CT molecular complexity index is 2750. The van der Waals surface area contributed by atoms with Crippen molar-refractivity contribution < 1.29 is 4.42 Å². The van der Waals surface area contributed by atoms with E-state index < -0.39 is 0 Å². The molecule has 0 unspecified atom stereocenters. The zero-order chi connectivity index (χ0) is 28.1. The minimum absolute atomic E-state index is 0.800. The van der Waals surface area contributed by atoms with Crippen molar-refractivity contribution in [3.8, 4) is 17.1 Å². The molecule has 0 spiro atoms. The summed E-state index contributed by atoms with van der Waals surface area (Å²) >= 11 is 1.69. The lowest BCUT2D eigenvalue weighted by Crippen LogP contribution is -2.03. The second kappa shape index (κ2) is 8.51. The molecule has 4 nitrogen and oxygen atoms in total. The van der Waals surface area contributed by atoms with Gasteiger partial charge in [0.15, 0.2) is 5.82 Å². The number of rotatable bonds is 2. The van der Waals surface area contributed by atoms with Crippen LogP contribution in [0.5, 0.6) is 0 Å². The average molecular weight is 568 g/mol. The molecule has 0 atom stereocenters. The number of benzene rings is 6. The van der Waals surface area contributed by atoms with Gasteiger partial charge in [-0.2, -0.15) is 0 Å². The fourth-order valence-electron chi connectivity index (χ4n) is 6.67. The third kappa shape index (κ3) is 3.20. The van der Waals surface area contributed by atoms with E-state index in [1.165, 1.54) is 26.2 Å². The number of thiophene rings is 1. The van der Waals surface area contributed by atoms with Crippen LogP contribution in [0.2, 0.25) is 0 Å². The zero-order valence-electron chi connectivity index (χ0n) is 22.8. The molecule has 4 heterocycles. The Balaban J connectivity index is 1.40. The summed E-state index contributed by atoms with van der Waals surface area (Å²) in [6.07, 6.45) is 0. The van der Waals surface area contributed by atoms with Gasteiger partial charge in [0.25, 0.3) is 0 Å². The Hall–Kier alpha value is -5.52. The predicted molar refractivity (Wildman–Crippen MR) is 179 cm³/mol. The Kier molecular flexibility index (Phi) is 4.57. The van der Waals surface area contributed by atoms with Gasteiger partial charge in [-0.05, 0) is 47.2 Å². The number of nitrogens with zero attached hydrogens (tertiary/aromatic N) is 3. The van der Waals surface area contributed by atoms with Gasteiger partial charge in [0, 0.05) is 37.2 Å². The van der Waals surface area contributed by atoms with Crippen molar-refractivity contribution in [2.75, 3.05) is 0 Å². The van der Waals surface area contributed by atoms with E-state index in [-0.39, 0.29) is 0 Å². The SMILES string of the molecule is c1ccc2cc3c(cc2c1)c1ccccc1n3-c1nc2sc3ccccc3c2nc1-c1cccc2c1oc1ccccc12. The molecule has 4 aromatic heterocycles. The van der Waals surface area contributed by atoms with Crippen molar-refractivity contribution in [1.29, 1.82) is 0 Å². The number of aromatic nitrogens is 3. The molecule has 0 saturated carbocycles. The molecular weight excluding hydrogens is 547 g/mol. The molecule has 10 rings (SSSR count). The van der Waals surface area contributed by atoms with Crippen molar-refractivity contribution >= 4 is 86.3 Å². The fraction of sp³-hybridized carbons (Fsp3) is 0. The molecule has 43 heavy (non-hydrogen) atoms. The summed E-state index contributed by atoms with van der Waals surface area (Å²) in [5.74, 6) is 0.800. The topological polar surface area (TPSA) is 43.9 Å². The zero-order valence-corrected chi connectivity index (χ0v) is 23.6. The molecule has 0 aliphatic carbocycles. The van der Waals surface area contributed by atoms with Gasteiger partial charge >= 0.3 is 0 Å². The predicted octanol–water partition coefficient (Wildman–Crippen LogP) is 10.7. The van der Waals surface area contributed by atoms with Crippen LogP contribution in [0, 0.1) is 0 Å². The maximum absolute atomic E-state index is 6.55. The van der Waals surface area contributed by atoms with Gasteiger partial charge in [0.05, 0.1) is 11.0 Å². The second-order valence-corrected chi connectivity index (χ2v) is 12.0. The van der Waals surface area contributed by atoms with Crippen molar-refractivity contribution in [3.63, 3.8) is 0 Å². The molecule has 0 aliphatic rings. The molecule has 6 aromatic carbocycles. The lowest BCUT2D eigenvalue weighted by molar-refractivity contribution is 0.669. The molecule has 0 fully saturated rings. The number of hydrogen-bond acceptors (Lipinski definition) is 4. The first kappa shape index (κ1) is 23.1. The van der Waals surface area contributed by atoms with Gasteiger partial charge in [0.2, 0.25) is 0 Å². The minimum Gasteiger partial charge on any atom is -0.455 e. The van der Waals surface area contributed by atoms with Crippen LogP contribution in [0.15, 0.2) is 132 Å². The first-order valence-electron chi connectivity index (χ1n) is 14.3. The highest BCUT2D eigenvalue weighted by atomic mass is 32.1. The van der Waals surface area contributed by atoms with E-state index in [9.17, 15) is 0 Å². The molecule has 0 aliphatic heterocycles. The Morgan fingerprint density at radius 2 is 1.28 bits per heavy atom. The van der Waals surface area contributed by atoms with Gasteiger partial charge in [-0.3, -0.25) is 4.57 Å². The largest absolute Gasteiger partial charge is 0.455 e. The highest BCUT2D eigenvalue weighted by Gasteiger charge is 2.23. The summed E-state index contributed by atoms with van der Waals surface area (Å²) in [6, 6.07) is 44.7. The smallest absolute Gasteiger partial charge is 0.166 e. The third-order valence-electron chi connectivity index (χ3n) is 8.61. The maximum atomic E-state index is 6.55. The summed E-state index contributed by atoms with van der Waals surface area (Å²) < 4.78 is 10.0. The van der Waals surface area contributed by atoms with Crippen LogP contribution in [-0.4, -0.2) is 14.5 Å². The normalized spacial score (nSPS) is 12.2. The average Bonchev–Trinajstić information content (AvgIpc) is 3.72. The van der Waals surface area contributed by atoms with E-state index in [0.29, 0.717) is 0 Å². The standard InChI is InChI=1S/C38H21N3OS/c1-2-11-23-21-31-29(20-22(23)10-1)24-12-3-6-17-30(24)41(31)37-34(39-35-27-14-5-8-19-33(27)43-38(35)40-37)28-16-9-15-26-25-13-4-7-18-32(25)42-36(26)28/h1-21H. The molecule has 10 aromatic rings. The first-order chi connectivity index (χ1) is 21.3. The Morgan fingerprint density at radius 3 is 2.19 bits per heavy atom. The Morgan fingerprint density at radius 1 is 0.558 bits per heavy atom. The highest BCUT2D eigenvalue weighted by Crippen LogP contribution is 2.42. The summed E-state index contributed by atoms with van der Waals surface area (Å²) in [5.41, 5.74) is 6.54. The van der Waals surface area contributed by atoms with E-state index in [1.807, 2.05) is 12.1 Å². The second-order valence-electron chi connectivity index (χ2n) is 11.0. The molecule has 0 saturated heterocycles. The molecule has 0 radical (unpaired) electrons. The van der Waals surface area contributed by atoms with Crippen LogP contribution >= 0.6 is 11.3 Å². The van der Waals surface area contributed by atoms with Crippen LogP contribution in [-0.2, 0) is 0 Å². The van der Waals surface area contributed by atoms with Crippen molar-refractivity contribution in [2.24, 2.45) is 0 Å². The molecule has 200 valence electrons. The van der Waals surface area contributed by atoms with E-state index in [4.69, 9.17) is 14.4 Å². The first-order valence-corrected chi connectivity index (χ1v) is 15.2. The number of furan rings is 1. The van der Waals surface area contributed by atoms with E-state index in [1.54, 1.807) is 11.3 Å². The minimum atomic E-state index is 0.800. The van der Waals surface area contributed by atoms with Crippen molar-refractivity contribution in [3.05, 3.63) is 127 Å². The van der Waals surface area contributed by atoms with Crippen molar-refractivity contribution in [2.45, 2.75) is 0 Å². The summed E-state index contributed by atoms with van der Waals surface area (Å²) in [6.45, 7) is 0. The monoisotopic (exact) mass is 567 g/mol. The van der Waals surface area contributed by atoms with Crippen molar-refractivity contribution in [1.82, 2.24) is 14.5 Å². The van der Waals surface area contributed by atoms with Gasteiger partial charge in [-0.1, -0.05) is 91.0 Å². The summed E-state index contributed by atoms with van der Waals surface area (Å²) in [4.78, 5) is 11.8. The third-order valence-corrected chi connectivity index (χ3v) is 9.66. The van der Waals surface area contributed by atoms with Crippen LogP contribution in [0.25, 0.3) is 92.0 Å². The highest BCUT2D eigenvalue weighted by molar-refractivity contribution is 7.25. The number of fused-ring (bicyclic) bond motifs is 10. The lowest BCUT2D eigenvalue weighted by Gasteiger charge is -2.13. The molecular formula is C38H21N3OS. The van der Waals surface area contributed by atoms with Gasteiger partial charge in [-0.25, -0.2) is 9.97 Å². The van der Waals surface area contributed by atoms with E-state index >= 15 is 0 Å². The number of hydrogen-bond donors (Lipinski definition) is 0. The van der Waals surface area contributed by atoms with Crippen LogP contribution in [0.4, 0.5) is 0 Å². The summed E-state index contributed by atoms with van der Waals surface area (Å²) in [5, 5.41) is 8.08. The Labute approximate surface area is 249 Å². The molecule has 5 heteroatoms.